The summed E-state index contributed by atoms with van der Waals surface area (Å²) in [4.78, 5) is 24.3. The molecule has 0 aliphatic carbocycles. The average molecular weight is 327 g/mol. The summed E-state index contributed by atoms with van der Waals surface area (Å²) in [6.45, 7) is 0.908. The number of benzene rings is 2. The van der Waals surface area contributed by atoms with Gasteiger partial charge < -0.3 is 15.0 Å². The number of methoxy groups -OCH3 is 1. The van der Waals surface area contributed by atoms with E-state index < -0.39 is 4.92 Å². The summed E-state index contributed by atoms with van der Waals surface area (Å²) in [7, 11) is 1.39. The molecule has 0 saturated carbocycles. The molecule has 1 aliphatic rings. The van der Waals surface area contributed by atoms with E-state index in [4.69, 9.17) is 4.74 Å². The maximum atomic E-state index is 12.2. The maximum absolute atomic E-state index is 12.2. The van der Waals surface area contributed by atoms with Gasteiger partial charge in [-0.3, -0.25) is 10.1 Å². The van der Waals surface area contributed by atoms with Crippen molar-refractivity contribution >= 4 is 11.7 Å². The van der Waals surface area contributed by atoms with Crippen molar-refractivity contribution in [1.82, 2.24) is 10.2 Å². The standard InChI is InChI=1S/C17H17N3O4/c1-24-16-9-12(7-8-15(16)20(22)23)10-19-11-14(18-17(19)21)13-5-3-2-4-6-13/h2-9,14H,10-11H2,1H3,(H,18,21)/t14-/m1/s1. The van der Waals surface area contributed by atoms with E-state index in [0.717, 1.165) is 11.1 Å². The molecule has 24 heavy (non-hydrogen) atoms. The Morgan fingerprint density at radius 2 is 2.04 bits per heavy atom. The van der Waals surface area contributed by atoms with Crippen molar-refractivity contribution in [1.29, 1.82) is 0 Å². The van der Waals surface area contributed by atoms with E-state index in [-0.39, 0.29) is 23.5 Å². The highest BCUT2D eigenvalue weighted by molar-refractivity contribution is 5.77. The zero-order chi connectivity index (χ0) is 17.1. The number of hydrogen-bond donors (Lipinski definition) is 1. The van der Waals surface area contributed by atoms with Crippen LogP contribution in [0.3, 0.4) is 0 Å². The molecule has 7 heteroatoms. The molecule has 124 valence electrons. The predicted molar refractivity (Wildman–Crippen MR) is 87.8 cm³/mol. The zero-order valence-electron chi connectivity index (χ0n) is 13.1. The van der Waals surface area contributed by atoms with E-state index in [1.165, 1.54) is 13.2 Å². The van der Waals surface area contributed by atoms with Crippen molar-refractivity contribution < 1.29 is 14.5 Å². The van der Waals surface area contributed by atoms with E-state index in [0.29, 0.717) is 13.1 Å². The summed E-state index contributed by atoms with van der Waals surface area (Å²) < 4.78 is 5.07. The lowest BCUT2D eigenvalue weighted by atomic mass is 10.1. The number of rotatable bonds is 5. The van der Waals surface area contributed by atoms with Crippen LogP contribution in [0.15, 0.2) is 48.5 Å². The zero-order valence-corrected chi connectivity index (χ0v) is 13.1. The Morgan fingerprint density at radius 1 is 1.29 bits per heavy atom. The summed E-state index contributed by atoms with van der Waals surface area (Å²) >= 11 is 0. The van der Waals surface area contributed by atoms with Crippen LogP contribution in [-0.2, 0) is 6.54 Å². The van der Waals surface area contributed by atoms with Gasteiger partial charge in [0, 0.05) is 19.2 Å². The van der Waals surface area contributed by atoms with E-state index in [1.54, 1.807) is 17.0 Å². The molecule has 7 nitrogen and oxygen atoms in total. The van der Waals surface area contributed by atoms with Crippen LogP contribution in [0, 0.1) is 10.1 Å². The van der Waals surface area contributed by atoms with Crippen LogP contribution in [0.2, 0.25) is 0 Å². The molecule has 1 atom stereocenters. The average Bonchev–Trinajstić information content (AvgIpc) is 2.96. The summed E-state index contributed by atoms with van der Waals surface area (Å²) in [6, 6.07) is 14.2. The summed E-state index contributed by atoms with van der Waals surface area (Å²) in [5.41, 5.74) is 1.74. The van der Waals surface area contributed by atoms with Gasteiger partial charge in [-0.05, 0) is 17.2 Å². The SMILES string of the molecule is COc1cc(CN2C[C@H](c3ccccc3)NC2=O)ccc1[N+](=O)[O-]. The van der Waals surface area contributed by atoms with Gasteiger partial charge in [-0.25, -0.2) is 4.79 Å². The van der Waals surface area contributed by atoms with Crippen LogP contribution >= 0.6 is 0 Å². The second kappa shape index (κ2) is 6.57. The van der Waals surface area contributed by atoms with E-state index in [9.17, 15) is 14.9 Å². The van der Waals surface area contributed by atoms with Gasteiger partial charge in [0.2, 0.25) is 0 Å². The first-order valence-electron chi connectivity index (χ1n) is 7.50. The fourth-order valence-corrected chi connectivity index (χ4v) is 2.79. The second-order valence-corrected chi connectivity index (χ2v) is 5.56. The van der Waals surface area contributed by atoms with Crippen LogP contribution in [0.4, 0.5) is 10.5 Å². The largest absolute Gasteiger partial charge is 0.490 e. The predicted octanol–water partition coefficient (Wildman–Crippen LogP) is 2.87. The quantitative estimate of drug-likeness (QED) is 0.676. The first-order chi connectivity index (χ1) is 11.6. The molecule has 1 fully saturated rings. The molecule has 1 aliphatic heterocycles. The second-order valence-electron chi connectivity index (χ2n) is 5.56. The molecule has 0 aromatic heterocycles. The molecule has 0 radical (unpaired) electrons. The van der Waals surface area contributed by atoms with Crippen LogP contribution in [0.25, 0.3) is 0 Å². The first-order valence-corrected chi connectivity index (χ1v) is 7.50. The van der Waals surface area contributed by atoms with E-state index in [2.05, 4.69) is 5.32 Å². The lowest BCUT2D eigenvalue weighted by Crippen LogP contribution is -2.27. The highest BCUT2D eigenvalue weighted by Crippen LogP contribution is 2.29. The minimum atomic E-state index is -0.489. The van der Waals surface area contributed by atoms with Crippen molar-refractivity contribution in [3.8, 4) is 5.75 Å². The summed E-state index contributed by atoms with van der Waals surface area (Å²) in [6.07, 6.45) is 0. The molecule has 0 spiro atoms. The van der Waals surface area contributed by atoms with Crippen molar-refractivity contribution in [2.75, 3.05) is 13.7 Å². The number of nitrogens with zero attached hydrogens (tertiary/aromatic N) is 2. The molecule has 2 aromatic carbocycles. The van der Waals surface area contributed by atoms with Gasteiger partial charge in [0.25, 0.3) is 0 Å². The lowest BCUT2D eigenvalue weighted by Gasteiger charge is -2.15. The molecular formula is C17H17N3O4. The van der Waals surface area contributed by atoms with Gasteiger partial charge in [0.15, 0.2) is 5.75 Å². The molecule has 2 aromatic rings. The Balaban J connectivity index is 1.74. The number of hydrogen-bond acceptors (Lipinski definition) is 4. The third kappa shape index (κ3) is 3.15. The molecule has 1 N–H and O–H groups in total. The molecule has 3 rings (SSSR count). The number of urea groups is 1. The van der Waals surface area contributed by atoms with Crippen molar-refractivity contribution in [3.63, 3.8) is 0 Å². The molecule has 2 amide bonds. The summed E-state index contributed by atoms with van der Waals surface area (Å²) in [5.74, 6) is 0.191. The van der Waals surface area contributed by atoms with Crippen molar-refractivity contribution in [2.45, 2.75) is 12.6 Å². The number of ether oxygens (including phenoxy) is 1. The number of nitro benzene ring substituents is 1. The van der Waals surface area contributed by atoms with Crippen molar-refractivity contribution in [2.24, 2.45) is 0 Å². The fourth-order valence-electron chi connectivity index (χ4n) is 2.79. The van der Waals surface area contributed by atoms with Gasteiger partial charge >= 0.3 is 11.7 Å². The topological polar surface area (TPSA) is 84.7 Å². The molecule has 1 saturated heterocycles. The van der Waals surface area contributed by atoms with Gasteiger partial charge in [0.05, 0.1) is 18.1 Å². The van der Waals surface area contributed by atoms with Crippen molar-refractivity contribution in [3.05, 3.63) is 69.8 Å². The van der Waals surface area contributed by atoms with E-state index >= 15 is 0 Å². The first kappa shape index (κ1) is 15.8. The Kier molecular flexibility index (Phi) is 4.33. The highest BCUT2D eigenvalue weighted by atomic mass is 16.6. The Bertz CT molecular complexity index is 764. The lowest BCUT2D eigenvalue weighted by molar-refractivity contribution is -0.385. The van der Waals surface area contributed by atoms with Crippen LogP contribution in [-0.4, -0.2) is 29.5 Å². The number of carbonyl (C=O) groups excluding carboxylic acids is 1. The fraction of sp³-hybridized carbons (Fsp3) is 0.235. The number of carbonyl (C=O) groups is 1. The summed E-state index contributed by atoms with van der Waals surface area (Å²) in [5, 5.41) is 13.9. The molecule has 0 unspecified atom stereocenters. The minimum absolute atomic E-state index is 0.0568. The normalized spacial score (nSPS) is 16.8. The van der Waals surface area contributed by atoms with Crippen LogP contribution < -0.4 is 10.1 Å². The Morgan fingerprint density at radius 3 is 2.71 bits per heavy atom. The van der Waals surface area contributed by atoms with Gasteiger partial charge in [0.1, 0.15) is 0 Å². The Labute approximate surface area is 139 Å². The van der Waals surface area contributed by atoms with Gasteiger partial charge in [-0.1, -0.05) is 36.4 Å². The molecule has 0 bridgehead atoms. The third-order valence-electron chi connectivity index (χ3n) is 4.00. The smallest absolute Gasteiger partial charge is 0.318 e. The monoisotopic (exact) mass is 327 g/mol. The third-order valence-corrected chi connectivity index (χ3v) is 4.00. The molecule has 1 heterocycles. The van der Waals surface area contributed by atoms with Gasteiger partial charge in [-0.15, -0.1) is 0 Å². The van der Waals surface area contributed by atoms with Crippen LogP contribution in [0.1, 0.15) is 17.2 Å². The number of nitrogens with one attached hydrogen (secondary N) is 1. The van der Waals surface area contributed by atoms with Gasteiger partial charge in [-0.2, -0.15) is 0 Å². The minimum Gasteiger partial charge on any atom is -0.490 e. The molecular weight excluding hydrogens is 310 g/mol. The van der Waals surface area contributed by atoms with E-state index in [1.807, 2.05) is 30.3 Å². The number of nitro groups is 1. The Hall–Kier alpha value is -3.09. The highest BCUT2D eigenvalue weighted by Gasteiger charge is 2.29. The maximum Gasteiger partial charge on any atom is 0.318 e. The van der Waals surface area contributed by atoms with Crippen LogP contribution in [0.5, 0.6) is 5.75 Å². The number of amides is 2.